The van der Waals surface area contributed by atoms with Crippen LogP contribution in [0.5, 0.6) is 0 Å². The lowest BCUT2D eigenvalue weighted by atomic mass is 9.98. The molecule has 6 nitrogen and oxygen atoms in total. The van der Waals surface area contributed by atoms with Gasteiger partial charge in [0, 0.05) is 44.0 Å². The summed E-state index contributed by atoms with van der Waals surface area (Å²) in [5.41, 5.74) is 2.85. The van der Waals surface area contributed by atoms with E-state index in [2.05, 4.69) is 46.8 Å². The molecule has 2 rings (SSSR count). The Morgan fingerprint density at radius 2 is 1.75 bits per heavy atom. The molecule has 1 amide bonds. The van der Waals surface area contributed by atoms with Crippen molar-refractivity contribution < 1.29 is 4.79 Å². The van der Waals surface area contributed by atoms with Gasteiger partial charge in [0.15, 0.2) is 5.96 Å². The van der Waals surface area contributed by atoms with Crippen molar-refractivity contribution in [2.24, 2.45) is 4.99 Å². The van der Waals surface area contributed by atoms with Crippen molar-refractivity contribution in [3.8, 4) is 0 Å². The Bertz CT molecular complexity index is 794. The smallest absolute Gasteiger partial charge is 0.253 e. The molecule has 0 saturated carbocycles. The fraction of sp³-hybridized carbons (Fsp3) is 0.450. The average Bonchev–Trinajstić information content (AvgIpc) is 3.11. The van der Waals surface area contributed by atoms with Crippen LogP contribution in [0, 0.1) is 0 Å². The number of aromatic nitrogens is 1. The summed E-state index contributed by atoms with van der Waals surface area (Å²) in [5, 5.41) is 9.79. The van der Waals surface area contributed by atoms with E-state index in [4.69, 9.17) is 0 Å². The predicted molar refractivity (Wildman–Crippen MR) is 128 cm³/mol. The fourth-order valence-electron chi connectivity index (χ4n) is 2.34. The van der Waals surface area contributed by atoms with Gasteiger partial charge >= 0.3 is 0 Å². The molecule has 2 N–H and O–H groups in total. The third-order valence-corrected chi connectivity index (χ3v) is 5.24. The minimum atomic E-state index is 0. The van der Waals surface area contributed by atoms with E-state index in [0.717, 1.165) is 16.3 Å². The maximum Gasteiger partial charge on any atom is 0.253 e. The van der Waals surface area contributed by atoms with E-state index in [1.54, 1.807) is 37.4 Å². The fourth-order valence-corrected chi connectivity index (χ4v) is 3.24. The zero-order valence-corrected chi connectivity index (χ0v) is 20.5. The molecule has 0 fully saturated rings. The Morgan fingerprint density at radius 3 is 2.25 bits per heavy atom. The molecule has 1 aromatic heterocycles. The van der Waals surface area contributed by atoms with E-state index < -0.39 is 0 Å². The topological polar surface area (TPSA) is 69.6 Å². The van der Waals surface area contributed by atoms with Crippen molar-refractivity contribution in [2.45, 2.75) is 39.3 Å². The second kappa shape index (κ2) is 10.8. The van der Waals surface area contributed by atoms with E-state index in [9.17, 15) is 4.79 Å². The van der Waals surface area contributed by atoms with E-state index in [-0.39, 0.29) is 35.3 Å². The first kappa shape index (κ1) is 24.4. The van der Waals surface area contributed by atoms with Gasteiger partial charge in [-0.05, 0) is 17.7 Å². The highest BCUT2D eigenvalue weighted by molar-refractivity contribution is 14.0. The van der Waals surface area contributed by atoms with Crippen molar-refractivity contribution in [1.29, 1.82) is 0 Å². The summed E-state index contributed by atoms with van der Waals surface area (Å²) in [4.78, 5) is 22.4. The molecule has 0 spiro atoms. The van der Waals surface area contributed by atoms with Crippen molar-refractivity contribution in [2.75, 3.05) is 21.1 Å². The van der Waals surface area contributed by atoms with Crippen molar-refractivity contribution in [3.05, 3.63) is 51.5 Å². The first-order valence-electron chi connectivity index (χ1n) is 8.90. The molecule has 8 heteroatoms. The van der Waals surface area contributed by atoms with E-state index in [1.165, 1.54) is 0 Å². The number of hydrogen-bond acceptors (Lipinski definition) is 4. The van der Waals surface area contributed by atoms with E-state index in [0.29, 0.717) is 24.6 Å². The lowest BCUT2D eigenvalue weighted by Crippen LogP contribution is -2.36. The van der Waals surface area contributed by atoms with Gasteiger partial charge in [-0.3, -0.25) is 9.79 Å². The van der Waals surface area contributed by atoms with Crippen LogP contribution in [0.2, 0.25) is 0 Å². The Kier molecular flexibility index (Phi) is 9.35. The second-order valence-electron chi connectivity index (χ2n) is 7.57. The van der Waals surface area contributed by atoms with Crippen LogP contribution in [0.3, 0.4) is 0 Å². The van der Waals surface area contributed by atoms with Gasteiger partial charge < -0.3 is 15.5 Å². The number of carbonyl (C=O) groups is 1. The van der Waals surface area contributed by atoms with Crippen LogP contribution >= 0.6 is 35.3 Å². The number of rotatable bonds is 5. The van der Waals surface area contributed by atoms with Crippen LogP contribution < -0.4 is 10.6 Å². The summed E-state index contributed by atoms with van der Waals surface area (Å²) < 4.78 is 0. The molecular formula is C20H30IN5OS. The second-order valence-corrected chi connectivity index (χ2v) is 8.43. The highest BCUT2D eigenvalue weighted by Gasteiger charge is 2.17. The molecule has 0 bridgehead atoms. The maximum atomic E-state index is 11.9. The molecule has 28 heavy (non-hydrogen) atoms. The first-order chi connectivity index (χ1) is 12.7. The number of hydrogen-bond donors (Lipinski definition) is 2. The number of thiazole rings is 1. The Balaban J connectivity index is 0.00000392. The molecule has 0 atom stereocenters. The minimum absolute atomic E-state index is 0. The Hall–Kier alpha value is -1.68. The lowest BCUT2D eigenvalue weighted by Gasteiger charge is -2.14. The zero-order chi connectivity index (χ0) is 20.0. The van der Waals surface area contributed by atoms with Gasteiger partial charge in [0.25, 0.3) is 5.91 Å². The molecule has 1 aromatic carbocycles. The van der Waals surface area contributed by atoms with Crippen LogP contribution in [0.1, 0.15) is 47.4 Å². The van der Waals surface area contributed by atoms with Gasteiger partial charge in [-0.15, -0.1) is 35.3 Å². The molecule has 2 aromatic rings. The van der Waals surface area contributed by atoms with Crippen LogP contribution in [-0.2, 0) is 18.5 Å². The Morgan fingerprint density at radius 1 is 1.14 bits per heavy atom. The highest BCUT2D eigenvalue weighted by atomic mass is 127. The lowest BCUT2D eigenvalue weighted by molar-refractivity contribution is 0.0827. The van der Waals surface area contributed by atoms with E-state index in [1.807, 2.05) is 24.3 Å². The molecule has 0 unspecified atom stereocenters. The van der Waals surface area contributed by atoms with Crippen molar-refractivity contribution in [1.82, 2.24) is 20.5 Å². The summed E-state index contributed by atoms with van der Waals surface area (Å²) in [6.45, 7) is 7.76. The minimum Gasteiger partial charge on any atom is -0.352 e. The van der Waals surface area contributed by atoms with Gasteiger partial charge in [0.1, 0.15) is 0 Å². The summed E-state index contributed by atoms with van der Waals surface area (Å²) in [6, 6.07) is 7.60. The number of halogens is 1. The third-order valence-electron chi connectivity index (χ3n) is 3.92. The van der Waals surface area contributed by atoms with Crippen LogP contribution in [-0.4, -0.2) is 42.9 Å². The van der Waals surface area contributed by atoms with Gasteiger partial charge in [-0.25, -0.2) is 4.98 Å². The van der Waals surface area contributed by atoms with Crippen LogP contribution in [0.25, 0.3) is 0 Å². The summed E-state index contributed by atoms with van der Waals surface area (Å²) in [6.07, 6.45) is 0. The normalized spacial score (nSPS) is 11.6. The summed E-state index contributed by atoms with van der Waals surface area (Å²) in [7, 11) is 5.25. The molecule has 154 valence electrons. The van der Waals surface area contributed by atoms with Gasteiger partial charge in [0.05, 0.1) is 17.2 Å². The molecule has 0 aliphatic carbocycles. The predicted octanol–water partition coefficient (Wildman–Crippen LogP) is 3.63. The molecule has 0 aliphatic rings. The molecule has 0 radical (unpaired) electrons. The average molecular weight is 515 g/mol. The first-order valence-corrected chi connectivity index (χ1v) is 9.78. The van der Waals surface area contributed by atoms with Crippen molar-refractivity contribution >= 4 is 47.2 Å². The molecule has 1 heterocycles. The summed E-state index contributed by atoms with van der Waals surface area (Å²) in [5.74, 6) is 0.721. The van der Waals surface area contributed by atoms with Crippen molar-refractivity contribution in [3.63, 3.8) is 0 Å². The zero-order valence-electron chi connectivity index (χ0n) is 17.4. The third kappa shape index (κ3) is 7.05. The monoisotopic (exact) mass is 515 g/mol. The number of nitrogens with zero attached hydrogens (tertiary/aromatic N) is 3. The molecule has 0 saturated heterocycles. The standard InChI is InChI=1S/C20H29N5OS.HI/c1-20(2,3)18-24-16(13-27-18)12-23-19(21-4)22-11-14-7-9-15(10-8-14)17(26)25(5)6;/h7-10,13H,11-12H2,1-6H3,(H2,21,22,23);1H. The number of carbonyl (C=O) groups excluding carboxylic acids is 1. The number of aliphatic imine (C=N–C) groups is 1. The maximum absolute atomic E-state index is 11.9. The quantitative estimate of drug-likeness (QED) is 0.363. The number of benzene rings is 1. The van der Waals surface area contributed by atoms with E-state index >= 15 is 0 Å². The molecular weight excluding hydrogens is 485 g/mol. The number of amides is 1. The van der Waals surface area contributed by atoms with Crippen LogP contribution in [0.4, 0.5) is 0 Å². The Labute approximate surface area is 188 Å². The molecule has 0 aliphatic heterocycles. The largest absolute Gasteiger partial charge is 0.352 e. The summed E-state index contributed by atoms with van der Waals surface area (Å²) >= 11 is 1.69. The number of guanidine groups is 1. The van der Waals surface area contributed by atoms with Crippen LogP contribution in [0.15, 0.2) is 34.6 Å². The SMILES string of the molecule is CN=C(NCc1ccc(C(=O)N(C)C)cc1)NCc1csc(C(C)(C)C)n1.I. The number of nitrogens with one attached hydrogen (secondary N) is 2. The van der Waals surface area contributed by atoms with Gasteiger partial charge in [-0.2, -0.15) is 0 Å². The van der Waals surface area contributed by atoms with Gasteiger partial charge in [-0.1, -0.05) is 32.9 Å². The highest BCUT2D eigenvalue weighted by Crippen LogP contribution is 2.25. The van der Waals surface area contributed by atoms with Gasteiger partial charge in [0.2, 0.25) is 0 Å².